The van der Waals surface area contributed by atoms with Gasteiger partial charge in [0.25, 0.3) is 0 Å². The predicted octanol–water partition coefficient (Wildman–Crippen LogP) is 4.14. The van der Waals surface area contributed by atoms with E-state index in [0.717, 1.165) is 30.5 Å². The second-order valence-corrected chi connectivity index (χ2v) is 10.3. The average Bonchev–Trinajstić information content (AvgIpc) is 2.88. The first-order valence-electron chi connectivity index (χ1n) is 13.1. The highest BCUT2D eigenvalue weighted by Crippen LogP contribution is 2.44. The van der Waals surface area contributed by atoms with E-state index < -0.39 is 5.41 Å². The first kappa shape index (κ1) is 25.2. The Bertz CT molecular complexity index is 923. The number of piperidine rings is 2. The molecule has 0 bridgehead atoms. The largest absolute Gasteiger partial charge is 0.369 e. The fourth-order valence-corrected chi connectivity index (χ4v) is 6.36. The highest BCUT2D eigenvalue weighted by molar-refractivity contribution is 5.91. The fraction of sp³-hybridized carbons (Fsp3) is 0.517. The number of nitrogens with zero attached hydrogens (tertiary/aromatic N) is 2. The summed E-state index contributed by atoms with van der Waals surface area (Å²) in [6.07, 6.45) is 5.20. The Balaban J connectivity index is 1.43. The number of rotatable bonds is 7. The first-order valence-corrected chi connectivity index (χ1v) is 13.1. The molecule has 2 atom stereocenters. The topological polar surface area (TPSA) is 78.7 Å². The van der Waals surface area contributed by atoms with Crippen molar-refractivity contribution in [1.29, 1.82) is 0 Å². The maximum absolute atomic E-state index is 13.2. The SMILES string of the molecule is CC1CCCC(C)N1CCNC(=O)N1CCC(C(C(N)=O)(c2ccccc2)c2ccccc2)CC1. The summed E-state index contributed by atoms with van der Waals surface area (Å²) in [6.45, 7) is 7.34. The van der Waals surface area contributed by atoms with Crippen molar-refractivity contribution in [1.82, 2.24) is 15.1 Å². The summed E-state index contributed by atoms with van der Waals surface area (Å²) in [5, 5.41) is 3.13. The molecule has 0 aliphatic carbocycles. The lowest BCUT2D eigenvalue weighted by Crippen LogP contribution is -2.54. The number of urea groups is 1. The molecule has 2 aliphatic rings. The zero-order valence-electron chi connectivity index (χ0n) is 21.2. The van der Waals surface area contributed by atoms with E-state index in [4.69, 9.17) is 5.73 Å². The van der Waals surface area contributed by atoms with E-state index in [2.05, 4.69) is 24.1 Å². The van der Waals surface area contributed by atoms with E-state index >= 15 is 0 Å². The summed E-state index contributed by atoms with van der Waals surface area (Å²) in [6, 6.07) is 20.9. The Hall–Kier alpha value is -2.86. The number of carbonyl (C=O) groups is 2. The van der Waals surface area contributed by atoms with Crippen molar-refractivity contribution >= 4 is 11.9 Å². The van der Waals surface area contributed by atoms with Gasteiger partial charge in [0.15, 0.2) is 0 Å². The molecule has 2 aromatic carbocycles. The van der Waals surface area contributed by atoms with Crippen molar-refractivity contribution in [2.24, 2.45) is 11.7 Å². The molecule has 188 valence electrons. The Kier molecular flexibility index (Phi) is 8.11. The summed E-state index contributed by atoms with van der Waals surface area (Å²) < 4.78 is 0. The van der Waals surface area contributed by atoms with Gasteiger partial charge in [-0.2, -0.15) is 0 Å². The van der Waals surface area contributed by atoms with Gasteiger partial charge in [-0.05, 0) is 56.6 Å². The van der Waals surface area contributed by atoms with Gasteiger partial charge in [0.05, 0.1) is 0 Å². The third-order valence-electron chi connectivity index (χ3n) is 8.26. The molecule has 0 aromatic heterocycles. The summed E-state index contributed by atoms with van der Waals surface area (Å²) in [5.41, 5.74) is 7.12. The quantitative estimate of drug-likeness (QED) is 0.630. The van der Waals surface area contributed by atoms with Crippen LogP contribution in [0, 0.1) is 5.92 Å². The number of benzene rings is 2. The molecule has 2 fully saturated rings. The standard InChI is InChI=1S/C29H40N4O2/c1-22-10-9-11-23(2)33(22)21-18-31-28(35)32-19-16-26(17-20-32)29(27(30)34,24-12-5-3-6-13-24)25-14-7-4-8-15-25/h3-8,12-15,22-23,26H,9-11,16-21H2,1-2H3,(H2,30,34)(H,31,35). The van der Waals surface area contributed by atoms with Crippen molar-refractivity contribution < 1.29 is 9.59 Å². The average molecular weight is 477 g/mol. The Labute approximate surface area is 209 Å². The number of nitrogens with one attached hydrogen (secondary N) is 1. The molecule has 6 nitrogen and oxygen atoms in total. The van der Waals surface area contributed by atoms with Gasteiger partial charge >= 0.3 is 6.03 Å². The molecule has 0 spiro atoms. The maximum atomic E-state index is 13.2. The highest BCUT2D eigenvalue weighted by Gasteiger charge is 2.48. The minimum atomic E-state index is -0.911. The molecule has 35 heavy (non-hydrogen) atoms. The molecule has 2 aromatic rings. The molecular weight excluding hydrogens is 436 g/mol. The zero-order valence-corrected chi connectivity index (χ0v) is 21.2. The number of amides is 3. The molecular formula is C29H40N4O2. The maximum Gasteiger partial charge on any atom is 0.317 e. The Morgan fingerprint density at radius 3 is 1.89 bits per heavy atom. The van der Waals surface area contributed by atoms with Crippen LogP contribution in [0.5, 0.6) is 0 Å². The normalized spacial score (nSPS) is 22.1. The predicted molar refractivity (Wildman–Crippen MR) is 140 cm³/mol. The zero-order chi connectivity index (χ0) is 24.8. The van der Waals surface area contributed by atoms with Gasteiger partial charge in [-0.3, -0.25) is 9.69 Å². The summed E-state index contributed by atoms with van der Waals surface area (Å²) in [4.78, 5) is 30.5. The van der Waals surface area contributed by atoms with E-state index in [1.165, 1.54) is 19.3 Å². The third kappa shape index (κ3) is 5.22. The molecule has 3 amide bonds. The Morgan fingerprint density at radius 1 is 0.886 bits per heavy atom. The van der Waals surface area contributed by atoms with Gasteiger partial charge < -0.3 is 16.0 Å². The molecule has 4 rings (SSSR count). The van der Waals surface area contributed by atoms with E-state index in [-0.39, 0.29) is 17.9 Å². The van der Waals surface area contributed by atoms with Crippen LogP contribution >= 0.6 is 0 Å². The number of hydrogen-bond donors (Lipinski definition) is 2. The molecule has 2 heterocycles. The van der Waals surface area contributed by atoms with E-state index in [9.17, 15) is 9.59 Å². The second kappa shape index (κ2) is 11.3. The highest BCUT2D eigenvalue weighted by atomic mass is 16.2. The molecule has 2 aliphatic heterocycles. The lowest BCUT2D eigenvalue weighted by molar-refractivity contribution is -0.124. The van der Waals surface area contributed by atoms with Gasteiger partial charge in [0.1, 0.15) is 5.41 Å². The lowest BCUT2D eigenvalue weighted by atomic mass is 9.62. The summed E-state index contributed by atoms with van der Waals surface area (Å²) in [7, 11) is 0. The number of carbonyl (C=O) groups excluding carboxylic acids is 2. The lowest BCUT2D eigenvalue weighted by Gasteiger charge is -2.43. The van der Waals surface area contributed by atoms with Crippen molar-refractivity contribution in [3.8, 4) is 0 Å². The van der Waals surface area contributed by atoms with Crippen LogP contribution in [0.2, 0.25) is 0 Å². The number of nitrogens with two attached hydrogens (primary N) is 1. The second-order valence-electron chi connectivity index (χ2n) is 10.3. The van der Waals surface area contributed by atoms with Crippen LogP contribution in [0.3, 0.4) is 0 Å². The van der Waals surface area contributed by atoms with Crippen molar-refractivity contribution in [3.05, 3.63) is 71.8 Å². The fourth-order valence-electron chi connectivity index (χ4n) is 6.36. The Morgan fingerprint density at radius 2 is 1.40 bits per heavy atom. The van der Waals surface area contributed by atoms with Crippen LogP contribution in [0.25, 0.3) is 0 Å². The summed E-state index contributed by atoms with van der Waals surface area (Å²) >= 11 is 0. The van der Waals surface area contributed by atoms with E-state index in [1.54, 1.807) is 0 Å². The number of likely N-dealkylation sites (tertiary alicyclic amines) is 2. The first-order chi connectivity index (χ1) is 16.9. The van der Waals surface area contributed by atoms with Crippen LogP contribution in [0.15, 0.2) is 60.7 Å². The van der Waals surface area contributed by atoms with Crippen molar-refractivity contribution in [3.63, 3.8) is 0 Å². The van der Waals surface area contributed by atoms with E-state index in [1.807, 2.05) is 65.6 Å². The molecule has 2 saturated heterocycles. The molecule has 6 heteroatoms. The van der Waals surface area contributed by atoms with Gasteiger partial charge in [-0.1, -0.05) is 67.1 Å². The van der Waals surface area contributed by atoms with Gasteiger partial charge in [-0.25, -0.2) is 4.79 Å². The number of hydrogen-bond acceptors (Lipinski definition) is 3. The van der Waals surface area contributed by atoms with Crippen LogP contribution in [0.4, 0.5) is 4.79 Å². The minimum absolute atomic E-state index is 0.00939. The van der Waals surface area contributed by atoms with Crippen molar-refractivity contribution in [2.75, 3.05) is 26.2 Å². The smallest absolute Gasteiger partial charge is 0.317 e. The minimum Gasteiger partial charge on any atom is -0.369 e. The molecule has 0 radical (unpaired) electrons. The van der Waals surface area contributed by atoms with Gasteiger partial charge in [-0.15, -0.1) is 0 Å². The van der Waals surface area contributed by atoms with Crippen LogP contribution < -0.4 is 11.1 Å². The third-order valence-corrected chi connectivity index (χ3v) is 8.26. The molecule has 2 unspecified atom stereocenters. The van der Waals surface area contributed by atoms with Crippen LogP contribution in [-0.2, 0) is 10.2 Å². The number of primary amides is 1. The summed E-state index contributed by atoms with van der Waals surface area (Å²) in [5.74, 6) is -0.313. The molecule has 0 saturated carbocycles. The monoisotopic (exact) mass is 476 g/mol. The van der Waals surface area contributed by atoms with Crippen LogP contribution in [0.1, 0.15) is 57.1 Å². The van der Waals surface area contributed by atoms with Crippen LogP contribution in [-0.4, -0.2) is 60.0 Å². The van der Waals surface area contributed by atoms with Gasteiger partial charge in [0, 0.05) is 38.3 Å². The van der Waals surface area contributed by atoms with Gasteiger partial charge in [0.2, 0.25) is 5.91 Å². The van der Waals surface area contributed by atoms with Crippen molar-refractivity contribution in [2.45, 2.75) is 63.5 Å². The van der Waals surface area contributed by atoms with E-state index in [0.29, 0.717) is 31.7 Å². The molecule has 3 N–H and O–H groups in total.